The van der Waals surface area contributed by atoms with Crippen LogP contribution >= 0.6 is 0 Å². The van der Waals surface area contributed by atoms with Crippen LogP contribution in [0, 0.1) is 20.8 Å². The molecule has 0 radical (unpaired) electrons. The summed E-state index contributed by atoms with van der Waals surface area (Å²) < 4.78 is 5.62. The van der Waals surface area contributed by atoms with Gasteiger partial charge < -0.3 is 14.8 Å². The van der Waals surface area contributed by atoms with E-state index in [0.29, 0.717) is 17.0 Å². The third-order valence-electron chi connectivity index (χ3n) is 7.16. The number of nitrogens with one attached hydrogen (secondary N) is 1. The molecule has 1 aliphatic rings. The van der Waals surface area contributed by atoms with E-state index < -0.39 is 17.7 Å². The van der Waals surface area contributed by atoms with Crippen molar-refractivity contribution in [2.24, 2.45) is 0 Å². The molecule has 1 saturated heterocycles. The van der Waals surface area contributed by atoms with E-state index in [9.17, 15) is 14.7 Å². The number of hydrogen-bond donors (Lipinski definition) is 2. The predicted molar refractivity (Wildman–Crippen MR) is 146 cm³/mol. The number of H-pyrrole nitrogens is 1. The van der Waals surface area contributed by atoms with Crippen molar-refractivity contribution in [3.63, 3.8) is 0 Å². The van der Waals surface area contributed by atoms with Gasteiger partial charge >= 0.3 is 0 Å². The molecule has 1 aromatic heterocycles. The van der Waals surface area contributed by atoms with Gasteiger partial charge in [-0.2, -0.15) is 0 Å². The second kappa shape index (κ2) is 9.28. The first-order valence-electron chi connectivity index (χ1n) is 12.4. The van der Waals surface area contributed by atoms with E-state index in [4.69, 9.17) is 4.74 Å². The molecule has 0 aliphatic carbocycles. The molecule has 1 fully saturated rings. The summed E-state index contributed by atoms with van der Waals surface area (Å²) in [7, 11) is 1.53. The summed E-state index contributed by atoms with van der Waals surface area (Å²) in [6.07, 6.45) is 0.858. The Labute approximate surface area is 216 Å². The largest absolute Gasteiger partial charge is 0.507 e. The molecule has 0 spiro atoms. The normalized spacial score (nSPS) is 17.1. The number of carbonyl (C=O) groups is 2. The second-order valence-corrected chi connectivity index (χ2v) is 9.56. The van der Waals surface area contributed by atoms with E-state index in [-0.39, 0.29) is 11.3 Å². The fourth-order valence-corrected chi connectivity index (χ4v) is 5.46. The summed E-state index contributed by atoms with van der Waals surface area (Å²) >= 11 is 0. The van der Waals surface area contributed by atoms with Crippen molar-refractivity contribution in [1.82, 2.24) is 4.98 Å². The van der Waals surface area contributed by atoms with Gasteiger partial charge in [-0.3, -0.25) is 14.5 Å². The number of para-hydroxylation sites is 1. The van der Waals surface area contributed by atoms with E-state index in [1.807, 2.05) is 75.4 Å². The Kier molecular flexibility index (Phi) is 6.12. The number of amides is 1. The first-order chi connectivity index (χ1) is 17.8. The Morgan fingerprint density at radius 1 is 1.03 bits per heavy atom. The lowest BCUT2D eigenvalue weighted by Crippen LogP contribution is -2.29. The highest BCUT2D eigenvalue weighted by molar-refractivity contribution is 6.52. The number of aromatic amines is 1. The lowest BCUT2D eigenvalue weighted by atomic mass is 9.92. The lowest BCUT2D eigenvalue weighted by Gasteiger charge is -2.26. The van der Waals surface area contributed by atoms with Crippen LogP contribution in [-0.2, 0) is 16.0 Å². The van der Waals surface area contributed by atoms with E-state index in [1.165, 1.54) is 12.0 Å². The fourth-order valence-electron chi connectivity index (χ4n) is 5.46. The van der Waals surface area contributed by atoms with Crippen LogP contribution in [0.3, 0.4) is 0 Å². The fraction of sp³-hybridized carbons (Fsp3) is 0.226. The van der Waals surface area contributed by atoms with Gasteiger partial charge in [-0.1, -0.05) is 43.3 Å². The van der Waals surface area contributed by atoms with Gasteiger partial charge in [-0.25, -0.2) is 0 Å². The van der Waals surface area contributed by atoms with Crippen LogP contribution in [0.15, 0.2) is 66.2 Å². The number of aliphatic hydroxyl groups is 1. The van der Waals surface area contributed by atoms with Crippen molar-refractivity contribution in [3.05, 3.63) is 99.7 Å². The summed E-state index contributed by atoms with van der Waals surface area (Å²) in [4.78, 5) is 32.2. The number of aliphatic hydroxyl groups excluding tert-OH is 1. The average Bonchev–Trinajstić information content (AvgIpc) is 3.35. The Morgan fingerprint density at radius 3 is 2.41 bits per heavy atom. The predicted octanol–water partition coefficient (Wildman–Crippen LogP) is 6.29. The SMILES string of the molecule is CCc1ccc(N2C(=O)C(=O)/C(=C(/O)c3cc(C)cc(C)c3OC)C2c2c(C)[nH]c3ccccc23)cc1. The quantitative estimate of drug-likeness (QED) is 0.194. The number of methoxy groups -OCH3 is 1. The zero-order valence-corrected chi connectivity index (χ0v) is 21.7. The van der Waals surface area contributed by atoms with Crippen molar-refractivity contribution in [3.8, 4) is 5.75 Å². The van der Waals surface area contributed by atoms with E-state index in [0.717, 1.165) is 45.3 Å². The topological polar surface area (TPSA) is 82.6 Å². The minimum absolute atomic E-state index is 0.0423. The maximum atomic E-state index is 13.7. The van der Waals surface area contributed by atoms with Gasteiger partial charge in [-0.15, -0.1) is 0 Å². The van der Waals surface area contributed by atoms with Crippen LogP contribution in [0.4, 0.5) is 5.69 Å². The van der Waals surface area contributed by atoms with E-state index >= 15 is 0 Å². The number of ketones is 1. The number of ether oxygens (including phenoxy) is 1. The first kappa shape index (κ1) is 24.4. The molecule has 0 saturated carbocycles. The molecule has 1 atom stereocenters. The van der Waals surface area contributed by atoms with Crippen LogP contribution in [0.2, 0.25) is 0 Å². The summed E-state index contributed by atoms with van der Waals surface area (Å²) in [5.74, 6) is -1.18. The smallest absolute Gasteiger partial charge is 0.300 e. The third kappa shape index (κ3) is 3.89. The Balaban J connectivity index is 1.83. The molecule has 6 heteroatoms. The van der Waals surface area contributed by atoms with Gasteiger partial charge in [-0.05, 0) is 68.1 Å². The second-order valence-electron chi connectivity index (χ2n) is 9.56. The van der Waals surface area contributed by atoms with Crippen LogP contribution in [0.5, 0.6) is 5.75 Å². The minimum atomic E-state index is -0.825. The monoisotopic (exact) mass is 494 g/mol. The number of anilines is 1. The molecule has 0 bridgehead atoms. The summed E-state index contributed by atoms with van der Waals surface area (Å²) in [6.45, 7) is 7.79. The number of carbonyl (C=O) groups excluding carboxylic acids is 2. The molecular formula is C31H30N2O4. The van der Waals surface area contributed by atoms with Crippen molar-refractivity contribution >= 4 is 34.0 Å². The number of Topliss-reactive ketones (excluding diaryl/α,β-unsaturated/α-hetero) is 1. The number of rotatable bonds is 5. The highest BCUT2D eigenvalue weighted by Crippen LogP contribution is 2.46. The zero-order valence-electron chi connectivity index (χ0n) is 21.7. The first-order valence-corrected chi connectivity index (χ1v) is 12.4. The summed E-state index contributed by atoms with van der Waals surface area (Å²) in [6, 6.07) is 18.3. The molecule has 1 unspecified atom stereocenters. The summed E-state index contributed by atoms with van der Waals surface area (Å²) in [5, 5.41) is 12.6. The molecule has 4 aromatic rings. The Hall–Kier alpha value is -4.32. The van der Waals surface area contributed by atoms with Crippen LogP contribution in [-0.4, -0.2) is 28.9 Å². The molecule has 1 amide bonds. The zero-order chi connectivity index (χ0) is 26.4. The van der Waals surface area contributed by atoms with Crippen LogP contribution in [0.25, 0.3) is 16.7 Å². The molecule has 188 valence electrons. The number of benzene rings is 3. The van der Waals surface area contributed by atoms with E-state index in [1.54, 1.807) is 6.07 Å². The van der Waals surface area contributed by atoms with Gasteiger partial charge in [0.05, 0.1) is 24.3 Å². The van der Waals surface area contributed by atoms with Gasteiger partial charge in [0.25, 0.3) is 11.7 Å². The highest BCUT2D eigenvalue weighted by Gasteiger charge is 2.48. The Morgan fingerprint density at radius 2 is 1.73 bits per heavy atom. The molecule has 2 N–H and O–H groups in total. The average molecular weight is 495 g/mol. The number of hydrogen-bond acceptors (Lipinski definition) is 4. The Bertz CT molecular complexity index is 1580. The number of nitrogens with zero attached hydrogens (tertiary/aromatic N) is 1. The van der Waals surface area contributed by atoms with Gasteiger partial charge in [0.15, 0.2) is 0 Å². The lowest BCUT2D eigenvalue weighted by molar-refractivity contribution is -0.132. The molecule has 1 aliphatic heterocycles. The molecule has 6 nitrogen and oxygen atoms in total. The van der Waals surface area contributed by atoms with Gasteiger partial charge in [0, 0.05) is 27.8 Å². The van der Waals surface area contributed by atoms with Crippen molar-refractivity contribution < 1.29 is 19.4 Å². The maximum absolute atomic E-state index is 13.7. The minimum Gasteiger partial charge on any atom is -0.507 e. The van der Waals surface area contributed by atoms with Crippen molar-refractivity contribution in [2.75, 3.05) is 12.0 Å². The van der Waals surface area contributed by atoms with Crippen molar-refractivity contribution in [2.45, 2.75) is 40.2 Å². The highest BCUT2D eigenvalue weighted by atomic mass is 16.5. The van der Waals surface area contributed by atoms with Crippen LogP contribution in [0.1, 0.15) is 46.5 Å². The molecule has 3 aromatic carbocycles. The third-order valence-corrected chi connectivity index (χ3v) is 7.16. The standard InChI is InChI=1S/C31H30N2O4/c1-6-20-11-13-21(14-12-20)33-27(25-19(4)32-24-10-8-7-9-22(24)25)26(29(35)31(33)36)28(34)23-16-17(2)15-18(3)30(23)37-5/h7-16,27,32,34H,6H2,1-5H3/b28-26+. The number of aryl methyl sites for hydroxylation is 4. The molecule has 5 rings (SSSR count). The number of fused-ring (bicyclic) bond motifs is 1. The van der Waals surface area contributed by atoms with Gasteiger partial charge in [0.2, 0.25) is 0 Å². The summed E-state index contributed by atoms with van der Waals surface area (Å²) in [5.41, 5.74) is 6.38. The molecule has 2 heterocycles. The van der Waals surface area contributed by atoms with Gasteiger partial charge in [0.1, 0.15) is 11.5 Å². The molecular weight excluding hydrogens is 464 g/mol. The van der Waals surface area contributed by atoms with Crippen molar-refractivity contribution in [1.29, 1.82) is 0 Å². The number of aromatic nitrogens is 1. The molecule has 37 heavy (non-hydrogen) atoms. The van der Waals surface area contributed by atoms with Crippen LogP contribution < -0.4 is 9.64 Å². The maximum Gasteiger partial charge on any atom is 0.300 e. The van der Waals surface area contributed by atoms with E-state index in [2.05, 4.69) is 11.9 Å².